The molecular weight excluding hydrogens is 281 g/mol. The Bertz CT molecular complexity index is 638. The summed E-state index contributed by atoms with van der Waals surface area (Å²) in [5.74, 6) is -0.263. The number of carboxylic acid groups (broad SMARTS) is 1. The van der Waals surface area contributed by atoms with Crippen LogP contribution in [-0.4, -0.2) is 34.7 Å². The van der Waals surface area contributed by atoms with Crippen LogP contribution < -0.4 is 10.2 Å². The quantitative estimate of drug-likeness (QED) is 0.894. The molecule has 20 heavy (non-hydrogen) atoms. The first-order valence-corrected chi connectivity index (χ1v) is 7.20. The van der Waals surface area contributed by atoms with Gasteiger partial charge in [0, 0.05) is 24.5 Å². The van der Waals surface area contributed by atoms with Crippen LogP contribution in [0.1, 0.15) is 12.8 Å². The van der Waals surface area contributed by atoms with Crippen LogP contribution in [0.15, 0.2) is 18.2 Å². The summed E-state index contributed by atoms with van der Waals surface area (Å²) in [5, 5.41) is 13.0. The van der Waals surface area contributed by atoms with Gasteiger partial charge in [0.05, 0.1) is 5.52 Å². The maximum Gasteiger partial charge on any atom is 0.404 e. The zero-order valence-corrected chi connectivity index (χ0v) is 11.5. The number of amides is 1. The molecule has 2 N–H and O–H groups in total. The largest absolute Gasteiger partial charge is 0.465 e. The molecule has 0 aliphatic carbocycles. The Morgan fingerprint density at radius 2 is 2.20 bits per heavy atom. The third kappa shape index (κ3) is 2.53. The topological polar surface area (TPSA) is 65.5 Å². The number of fused-ring (bicyclic) bond motifs is 1. The standard InChI is InChI=1S/C13H14FN3O2S/c14-8-1-2-11-10(7-8)12(20-16-11)17-5-3-9(4-6-17)15-13(18)19/h1-2,7,9,15H,3-6H2,(H,18,19). The molecule has 0 unspecified atom stereocenters. The lowest BCUT2D eigenvalue weighted by Crippen LogP contribution is -2.44. The number of nitrogens with one attached hydrogen (secondary N) is 1. The summed E-state index contributed by atoms with van der Waals surface area (Å²) < 4.78 is 17.7. The molecule has 0 radical (unpaired) electrons. The molecule has 1 aliphatic rings. The molecule has 0 atom stereocenters. The van der Waals surface area contributed by atoms with Crippen LogP contribution in [0, 0.1) is 5.82 Å². The SMILES string of the molecule is O=C(O)NC1CCN(c2snc3ccc(F)cc23)CC1. The fourth-order valence-corrected chi connectivity index (χ4v) is 3.43. The van der Waals surface area contributed by atoms with Crippen molar-refractivity contribution in [3.8, 4) is 0 Å². The molecule has 1 aromatic heterocycles. The molecule has 106 valence electrons. The van der Waals surface area contributed by atoms with Crippen LogP contribution in [0.2, 0.25) is 0 Å². The van der Waals surface area contributed by atoms with E-state index in [0.29, 0.717) is 0 Å². The summed E-state index contributed by atoms with van der Waals surface area (Å²) >= 11 is 1.37. The molecule has 1 fully saturated rings. The van der Waals surface area contributed by atoms with Crippen molar-refractivity contribution in [2.45, 2.75) is 18.9 Å². The first-order chi connectivity index (χ1) is 9.63. The Labute approximate surface area is 119 Å². The minimum Gasteiger partial charge on any atom is -0.465 e. The van der Waals surface area contributed by atoms with Gasteiger partial charge in [-0.1, -0.05) is 0 Å². The van der Waals surface area contributed by atoms with Crippen molar-refractivity contribution in [1.29, 1.82) is 0 Å². The number of rotatable bonds is 2. The van der Waals surface area contributed by atoms with Gasteiger partial charge in [0.1, 0.15) is 10.8 Å². The molecule has 0 bridgehead atoms. The minimum atomic E-state index is -0.978. The van der Waals surface area contributed by atoms with E-state index in [1.165, 1.54) is 23.7 Å². The first kappa shape index (κ1) is 13.1. The molecule has 5 nitrogen and oxygen atoms in total. The summed E-state index contributed by atoms with van der Waals surface area (Å²) in [6.07, 6.45) is 0.524. The van der Waals surface area contributed by atoms with Crippen LogP contribution in [0.5, 0.6) is 0 Å². The monoisotopic (exact) mass is 295 g/mol. The highest BCUT2D eigenvalue weighted by Crippen LogP contribution is 2.33. The number of halogens is 1. The van der Waals surface area contributed by atoms with Crippen molar-refractivity contribution in [2.75, 3.05) is 18.0 Å². The Morgan fingerprint density at radius 3 is 2.90 bits per heavy atom. The summed E-state index contributed by atoms with van der Waals surface area (Å²) in [7, 11) is 0. The number of piperidine rings is 1. The molecule has 7 heteroatoms. The van der Waals surface area contributed by atoms with Gasteiger partial charge in [-0.15, -0.1) is 0 Å². The van der Waals surface area contributed by atoms with Gasteiger partial charge in [0.2, 0.25) is 0 Å². The number of hydrogen-bond donors (Lipinski definition) is 2. The van der Waals surface area contributed by atoms with Crippen molar-refractivity contribution in [3.63, 3.8) is 0 Å². The van der Waals surface area contributed by atoms with Crippen molar-refractivity contribution in [2.24, 2.45) is 0 Å². The van der Waals surface area contributed by atoms with E-state index < -0.39 is 6.09 Å². The first-order valence-electron chi connectivity index (χ1n) is 6.43. The van der Waals surface area contributed by atoms with E-state index in [0.717, 1.165) is 41.8 Å². The molecule has 0 saturated carbocycles. The second-order valence-electron chi connectivity index (χ2n) is 4.86. The zero-order chi connectivity index (χ0) is 14.1. The summed E-state index contributed by atoms with van der Waals surface area (Å²) in [5.41, 5.74) is 0.803. The van der Waals surface area contributed by atoms with Crippen molar-refractivity contribution < 1.29 is 14.3 Å². The molecule has 2 heterocycles. The number of carbonyl (C=O) groups is 1. The van der Waals surface area contributed by atoms with Crippen molar-refractivity contribution in [1.82, 2.24) is 9.69 Å². The Morgan fingerprint density at radius 1 is 1.45 bits per heavy atom. The second kappa shape index (κ2) is 5.24. The number of aromatic nitrogens is 1. The number of benzene rings is 1. The predicted octanol–water partition coefficient (Wildman–Crippen LogP) is 2.67. The van der Waals surface area contributed by atoms with E-state index in [4.69, 9.17) is 5.11 Å². The van der Waals surface area contributed by atoms with E-state index >= 15 is 0 Å². The van der Waals surface area contributed by atoms with Gasteiger partial charge in [-0.25, -0.2) is 9.18 Å². The van der Waals surface area contributed by atoms with E-state index in [-0.39, 0.29) is 11.9 Å². The minimum absolute atomic E-state index is 0.000304. The Kier molecular flexibility index (Phi) is 3.43. The van der Waals surface area contributed by atoms with Gasteiger partial charge >= 0.3 is 6.09 Å². The third-order valence-electron chi connectivity index (χ3n) is 3.53. The molecule has 3 rings (SSSR count). The van der Waals surface area contributed by atoms with Crippen LogP contribution >= 0.6 is 11.5 Å². The number of nitrogens with zero attached hydrogens (tertiary/aromatic N) is 2. The smallest absolute Gasteiger partial charge is 0.404 e. The summed E-state index contributed by atoms with van der Waals surface area (Å²) in [6.45, 7) is 1.50. The predicted molar refractivity (Wildman–Crippen MR) is 76.0 cm³/mol. The van der Waals surface area contributed by atoms with E-state index in [2.05, 4.69) is 14.6 Å². The zero-order valence-electron chi connectivity index (χ0n) is 10.7. The third-order valence-corrected chi connectivity index (χ3v) is 4.47. The molecule has 2 aromatic rings. The van der Waals surface area contributed by atoms with E-state index in [1.54, 1.807) is 6.07 Å². The fraction of sp³-hybridized carbons (Fsp3) is 0.385. The van der Waals surface area contributed by atoms with Crippen LogP contribution in [0.3, 0.4) is 0 Å². The summed E-state index contributed by atoms with van der Waals surface area (Å²) in [4.78, 5) is 12.8. The highest BCUT2D eigenvalue weighted by atomic mass is 32.1. The summed E-state index contributed by atoms with van der Waals surface area (Å²) in [6, 6.07) is 4.60. The van der Waals surface area contributed by atoms with Gasteiger partial charge in [-0.05, 0) is 42.6 Å². The average molecular weight is 295 g/mol. The molecule has 1 aromatic carbocycles. The lowest BCUT2D eigenvalue weighted by atomic mass is 10.1. The van der Waals surface area contributed by atoms with Gasteiger partial charge in [-0.2, -0.15) is 4.37 Å². The maximum atomic E-state index is 13.3. The Balaban J connectivity index is 1.76. The van der Waals surface area contributed by atoms with Gasteiger partial charge in [0.25, 0.3) is 0 Å². The highest BCUT2D eigenvalue weighted by molar-refractivity contribution is 7.11. The molecule has 1 amide bonds. The van der Waals surface area contributed by atoms with E-state index in [1.807, 2.05) is 0 Å². The van der Waals surface area contributed by atoms with E-state index in [9.17, 15) is 9.18 Å². The highest BCUT2D eigenvalue weighted by Gasteiger charge is 2.23. The molecule has 1 saturated heterocycles. The van der Waals surface area contributed by atoms with Gasteiger partial charge < -0.3 is 15.3 Å². The lowest BCUT2D eigenvalue weighted by molar-refractivity contribution is 0.187. The lowest BCUT2D eigenvalue weighted by Gasteiger charge is -2.32. The normalized spacial score (nSPS) is 16.6. The van der Waals surface area contributed by atoms with Crippen LogP contribution in [0.4, 0.5) is 14.2 Å². The molecule has 1 aliphatic heterocycles. The van der Waals surface area contributed by atoms with Gasteiger partial charge in [-0.3, -0.25) is 0 Å². The maximum absolute atomic E-state index is 13.3. The fourth-order valence-electron chi connectivity index (χ4n) is 2.53. The number of hydrogen-bond acceptors (Lipinski definition) is 4. The van der Waals surface area contributed by atoms with Crippen LogP contribution in [0.25, 0.3) is 10.9 Å². The molecular formula is C13H14FN3O2S. The van der Waals surface area contributed by atoms with Gasteiger partial charge in [0.15, 0.2) is 0 Å². The second-order valence-corrected chi connectivity index (χ2v) is 5.61. The van der Waals surface area contributed by atoms with Crippen molar-refractivity contribution >= 4 is 33.5 Å². The Hall–Kier alpha value is -1.89. The van der Waals surface area contributed by atoms with Crippen molar-refractivity contribution in [3.05, 3.63) is 24.0 Å². The molecule has 0 spiro atoms. The average Bonchev–Trinajstić information content (AvgIpc) is 2.82. The number of anilines is 1. The van der Waals surface area contributed by atoms with Crippen LogP contribution in [-0.2, 0) is 0 Å².